The molecule has 0 bridgehead atoms. The number of hydrogen-bond donors (Lipinski definition) is 2. The third-order valence-electron chi connectivity index (χ3n) is 3.85. The largest absolute Gasteiger partial charge is 0.484 e. The molecule has 1 fully saturated rings. The van der Waals surface area contributed by atoms with E-state index in [1.807, 2.05) is 24.3 Å². The molecule has 114 valence electrons. The van der Waals surface area contributed by atoms with Gasteiger partial charge in [-0.1, -0.05) is 19.1 Å². The molecular weight excluding hydrogens is 270 g/mol. The number of aliphatic carboxylic acids is 1. The molecule has 2 atom stereocenters. The topological polar surface area (TPSA) is 75.6 Å². The third-order valence-corrected chi connectivity index (χ3v) is 3.85. The first-order chi connectivity index (χ1) is 10.1. The van der Waals surface area contributed by atoms with Crippen LogP contribution >= 0.6 is 0 Å². The maximum absolute atomic E-state index is 11.8. The predicted octanol–water partition coefficient (Wildman–Crippen LogP) is 2.00. The van der Waals surface area contributed by atoms with E-state index in [1.165, 1.54) is 5.56 Å². The molecule has 2 N–H and O–H groups in total. The molecule has 21 heavy (non-hydrogen) atoms. The van der Waals surface area contributed by atoms with Crippen molar-refractivity contribution in [2.24, 2.45) is 5.92 Å². The minimum Gasteiger partial charge on any atom is -0.484 e. The van der Waals surface area contributed by atoms with Crippen molar-refractivity contribution < 1.29 is 19.4 Å². The lowest BCUT2D eigenvalue weighted by molar-refractivity contribution is -0.141. The molecule has 0 radical (unpaired) electrons. The van der Waals surface area contributed by atoms with Crippen LogP contribution in [0.1, 0.15) is 31.7 Å². The van der Waals surface area contributed by atoms with Gasteiger partial charge in [-0.25, -0.2) is 0 Å². The molecule has 1 aromatic rings. The van der Waals surface area contributed by atoms with Gasteiger partial charge in [-0.05, 0) is 43.4 Å². The maximum Gasteiger partial charge on any atom is 0.306 e. The fourth-order valence-electron chi connectivity index (χ4n) is 2.58. The number of carboxylic acids is 1. The van der Waals surface area contributed by atoms with Gasteiger partial charge in [0.15, 0.2) is 6.61 Å². The molecule has 0 spiro atoms. The van der Waals surface area contributed by atoms with Crippen LogP contribution in [-0.4, -0.2) is 29.6 Å². The number of carbonyl (C=O) groups is 2. The quantitative estimate of drug-likeness (QED) is 0.840. The molecule has 2 rings (SSSR count). The zero-order valence-corrected chi connectivity index (χ0v) is 12.2. The Kier molecular flexibility index (Phi) is 5.20. The molecule has 0 unspecified atom stereocenters. The van der Waals surface area contributed by atoms with Gasteiger partial charge < -0.3 is 15.2 Å². The predicted molar refractivity (Wildman–Crippen MR) is 78.2 cm³/mol. The fraction of sp³-hybridized carbons (Fsp3) is 0.500. The first kappa shape index (κ1) is 15.4. The molecular formula is C16H21NO4. The Bertz CT molecular complexity index is 498. The second kappa shape index (κ2) is 7.11. The van der Waals surface area contributed by atoms with E-state index >= 15 is 0 Å². The molecule has 0 aromatic heterocycles. The van der Waals surface area contributed by atoms with E-state index in [2.05, 4.69) is 12.2 Å². The van der Waals surface area contributed by atoms with E-state index in [4.69, 9.17) is 9.84 Å². The summed E-state index contributed by atoms with van der Waals surface area (Å²) in [5.74, 6) is -0.653. The number of hydrogen-bond acceptors (Lipinski definition) is 3. The second-order valence-corrected chi connectivity index (χ2v) is 5.40. The van der Waals surface area contributed by atoms with Gasteiger partial charge in [0.25, 0.3) is 5.91 Å². The van der Waals surface area contributed by atoms with E-state index in [1.54, 1.807) is 0 Å². The maximum atomic E-state index is 11.8. The number of benzene rings is 1. The van der Waals surface area contributed by atoms with E-state index in [9.17, 15) is 9.59 Å². The first-order valence-electron chi connectivity index (χ1n) is 7.32. The van der Waals surface area contributed by atoms with Gasteiger partial charge in [-0.3, -0.25) is 9.59 Å². The number of ether oxygens (including phenoxy) is 1. The molecule has 1 aliphatic rings. The summed E-state index contributed by atoms with van der Waals surface area (Å²) in [6, 6.07) is 7.60. The molecule has 1 aromatic carbocycles. The average Bonchev–Trinajstić information content (AvgIpc) is 2.94. The average molecular weight is 291 g/mol. The summed E-state index contributed by atoms with van der Waals surface area (Å²) < 4.78 is 5.42. The minimum absolute atomic E-state index is 0.0420. The van der Waals surface area contributed by atoms with Crippen molar-refractivity contribution in [3.8, 4) is 5.75 Å². The van der Waals surface area contributed by atoms with Crippen molar-refractivity contribution in [3.05, 3.63) is 29.8 Å². The van der Waals surface area contributed by atoms with Gasteiger partial charge >= 0.3 is 5.97 Å². The van der Waals surface area contributed by atoms with Crippen LogP contribution in [0.2, 0.25) is 0 Å². The van der Waals surface area contributed by atoms with Crippen LogP contribution in [0.5, 0.6) is 5.75 Å². The first-order valence-corrected chi connectivity index (χ1v) is 7.32. The highest BCUT2D eigenvalue weighted by atomic mass is 16.5. The van der Waals surface area contributed by atoms with Gasteiger partial charge in [0.2, 0.25) is 0 Å². The van der Waals surface area contributed by atoms with Crippen molar-refractivity contribution in [3.63, 3.8) is 0 Å². The van der Waals surface area contributed by atoms with Crippen LogP contribution in [0.15, 0.2) is 24.3 Å². The van der Waals surface area contributed by atoms with E-state index in [0.717, 1.165) is 6.42 Å². The molecule has 1 amide bonds. The lowest BCUT2D eigenvalue weighted by Crippen LogP contribution is -2.36. The summed E-state index contributed by atoms with van der Waals surface area (Å²) >= 11 is 0. The van der Waals surface area contributed by atoms with Crippen LogP contribution in [0, 0.1) is 5.92 Å². The molecule has 1 saturated carbocycles. The van der Waals surface area contributed by atoms with Crippen molar-refractivity contribution in [2.45, 2.75) is 38.6 Å². The van der Waals surface area contributed by atoms with E-state index in [-0.39, 0.29) is 24.5 Å². The fourth-order valence-corrected chi connectivity index (χ4v) is 2.58. The van der Waals surface area contributed by atoms with Gasteiger partial charge in [-0.15, -0.1) is 0 Å². The zero-order valence-electron chi connectivity index (χ0n) is 12.2. The normalized spacial score (nSPS) is 21.0. The summed E-state index contributed by atoms with van der Waals surface area (Å²) in [6.07, 6.45) is 2.81. The van der Waals surface area contributed by atoms with Gasteiger partial charge in [-0.2, -0.15) is 0 Å². The van der Waals surface area contributed by atoms with Crippen molar-refractivity contribution >= 4 is 11.9 Å². The summed E-state index contributed by atoms with van der Waals surface area (Å²) in [4.78, 5) is 22.6. The Morgan fingerprint density at radius 2 is 2.00 bits per heavy atom. The van der Waals surface area contributed by atoms with Gasteiger partial charge in [0.05, 0.1) is 5.92 Å². The smallest absolute Gasteiger partial charge is 0.306 e. The molecule has 5 nitrogen and oxygen atoms in total. The number of nitrogens with one attached hydrogen (secondary N) is 1. The zero-order chi connectivity index (χ0) is 15.2. The lowest BCUT2D eigenvalue weighted by atomic mass is 10.1. The Labute approximate surface area is 124 Å². The minimum atomic E-state index is -0.779. The van der Waals surface area contributed by atoms with E-state index < -0.39 is 5.97 Å². The Hall–Kier alpha value is -2.04. The molecule has 5 heteroatoms. The molecule has 0 saturated heterocycles. The summed E-state index contributed by atoms with van der Waals surface area (Å²) in [7, 11) is 0. The van der Waals surface area contributed by atoms with Crippen molar-refractivity contribution in [1.29, 1.82) is 0 Å². The van der Waals surface area contributed by atoms with Crippen LogP contribution in [0.25, 0.3) is 0 Å². The number of carbonyl (C=O) groups excluding carboxylic acids is 1. The van der Waals surface area contributed by atoms with Crippen LogP contribution < -0.4 is 10.1 Å². The number of aryl methyl sites for hydroxylation is 1. The number of carboxylic acid groups (broad SMARTS) is 1. The standard InChI is InChI=1S/C16H21NO4/c1-2-11-3-7-14(8-4-11)21-10-15(18)17-13-6-5-12(9-13)16(19)20/h3-4,7-8,12-13H,2,5-6,9-10H2,1H3,(H,17,18)(H,19,20)/t12-,13+/m1/s1. The van der Waals surface area contributed by atoms with Crippen molar-refractivity contribution in [2.75, 3.05) is 6.61 Å². The van der Waals surface area contributed by atoms with Crippen LogP contribution in [0.3, 0.4) is 0 Å². The number of amides is 1. The highest BCUT2D eigenvalue weighted by molar-refractivity contribution is 5.78. The monoisotopic (exact) mass is 291 g/mol. The lowest BCUT2D eigenvalue weighted by Gasteiger charge is -2.13. The SMILES string of the molecule is CCc1ccc(OCC(=O)N[C@H]2CC[C@@H](C(=O)O)C2)cc1. The molecule has 1 aliphatic carbocycles. The van der Waals surface area contributed by atoms with E-state index in [0.29, 0.717) is 25.0 Å². The molecule has 0 heterocycles. The second-order valence-electron chi connectivity index (χ2n) is 5.40. The number of rotatable bonds is 6. The Balaban J connectivity index is 1.73. The summed E-state index contributed by atoms with van der Waals surface area (Å²) in [5.41, 5.74) is 1.22. The van der Waals surface area contributed by atoms with Crippen LogP contribution in [0.4, 0.5) is 0 Å². The highest BCUT2D eigenvalue weighted by Gasteiger charge is 2.30. The Morgan fingerprint density at radius 3 is 2.57 bits per heavy atom. The summed E-state index contributed by atoms with van der Waals surface area (Å²) in [6.45, 7) is 2.04. The van der Waals surface area contributed by atoms with Gasteiger partial charge in [0.1, 0.15) is 5.75 Å². The van der Waals surface area contributed by atoms with Gasteiger partial charge in [0, 0.05) is 6.04 Å². The van der Waals surface area contributed by atoms with Crippen LogP contribution in [-0.2, 0) is 16.0 Å². The summed E-state index contributed by atoms with van der Waals surface area (Å²) in [5, 5.41) is 11.8. The molecule has 0 aliphatic heterocycles. The Morgan fingerprint density at radius 1 is 1.29 bits per heavy atom. The highest BCUT2D eigenvalue weighted by Crippen LogP contribution is 2.25. The third kappa shape index (κ3) is 4.48. The van der Waals surface area contributed by atoms with Crippen molar-refractivity contribution in [1.82, 2.24) is 5.32 Å².